The minimum Gasteiger partial charge on any atom is -0.398 e. The fourth-order valence-electron chi connectivity index (χ4n) is 2.03. The summed E-state index contributed by atoms with van der Waals surface area (Å²) in [6.07, 6.45) is 0. The third kappa shape index (κ3) is 3.44. The third-order valence-electron chi connectivity index (χ3n) is 3.21. The fourth-order valence-corrected chi connectivity index (χ4v) is 3.27. The molecular formula is C12H20N4O2S. The Morgan fingerprint density at radius 1 is 1.21 bits per heavy atom. The number of piperazine rings is 1. The molecule has 1 fully saturated rings. The van der Waals surface area contributed by atoms with Gasteiger partial charge in [0.2, 0.25) is 0 Å². The van der Waals surface area contributed by atoms with Crippen LogP contribution in [0, 0.1) is 6.92 Å². The highest BCUT2D eigenvalue weighted by atomic mass is 32.2. The van der Waals surface area contributed by atoms with Crippen LogP contribution in [0.5, 0.6) is 0 Å². The number of rotatable bonds is 3. The van der Waals surface area contributed by atoms with E-state index in [1.54, 1.807) is 23.2 Å². The van der Waals surface area contributed by atoms with E-state index in [1.807, 2.05) is 14.0 Å². The molecule has 1 heterocycles. The molecule has 1 aromatic rings. The molecule has 3 N–H and O–H groups in total. The number of nitrogens with two attached hydrogens (primary N) is 1. The minimum atomic E-state index is -3.59. The van der Waals surface area contributed by atoms with Crippen molar-refractivity contribution in [2.24, 2.45) is 0 Å². The minimum absolute atomic E-state index is 0.136. The van der Waals surface area contributed by atoms with Crippen LogP contribution in [-0.2, 0) is 10.0 Å². The molecule has 0 saturated carbocycles. The lowest BCUT2D eigenvalue weighted by atomic mass is 10.2. The molecular weight excluding hydrogens is 264 g/mol. The van der Waals surface area contributed by atoms with Gasteiger partial charge in [-0.1, -0.05) is 6.07 Å². The quantitative estimate of drug-likeness (QED) is 0.765. The van der Waals surface area contributed by atoms with E-state index < -0.39 is 10.0 Å². The van der Waals surface area contributed by atoms with Crippen LogP contribution < -0.4 is 10.6 Å². The van der Waals surface area contributed by atoms with Crippen LogP contribution in [-0.4, -0.2) is 51.6 Å². The molecule has 0 atom stereocenters. The molecule has 1 aromatic carbocycles. The molecule has 1 aliphatic rings. The zero-order valence-electron chi connectivity index (χ0n) is 11.3. The van der Waals surface area contributed by atoms with Gasteiger partial charge >= 0.3 is 0 Å². The van der Waals surface area contributed by atoms with E-state index in [0.717, 1.165) is 18.7 Å². The lowest BCUT2D eigenvalue weighted by Gasteiger charge is -2.32. The maximum Gasteiger partial charge on any atom is 0.255 e. The van der Waals surface area contributed by atoms with Crippen LogP contribution in [0.1, 0.15) is 5.56 Å². The summed E-state index contributed by atoms with van der Waals surface area (Å²) in [6.45, 7) is 4.89. The van der Waals surface area contributed by atoms with Gasteiger partial charge < -0.3 is 10.6 Å². The highest BCUT2D eigenvalue weighted by Gasteiger charge is 2.22. The van der Waals surface area contributed by atoms with Gasteiger partial charge in [0.15, 0.2) is 0 Å². The maximum atomic E-state index is 12.3. The molecule has 0 radical (unpaired) electrons. The molecule has 1 saturated heterocycles. The number of likely N-dealkylation sites (N-methyl/N-ethyl adjacent to an activating group) is 1. The van der Waals surface area contributed by atoms with Crippen molar-refractivity contribution in [1.82, 2.24) is 14.7 Å². The first-order valence-electron chi connectivity index (χ1n) is 6.20. The van der Waals surface area contributed by atoms with E-state index in [9.17, 15) is 8.42 Å². The zero-order chi connectivity index (χ0) is 14.0. The van der Waals surface area contributed by atoms with Crippen molar-refractivity contribution >= 4 is 15.7 Å². The van der Waals surface area contributed by atoms with Gasteiger partial charge in [-0.2, -0.15) is 0 Å². The number of anilines is 1. The average molecular weight is 284 g/mol. The highest BCUT2D eigenvalue weighted by Crippen LogP contribution is 2.19. The Bertz CT molecular complexity index is 551. The Hall–Kier alpha value is -1.15. The number of hydrazine groups is 1. The molecule has 0 unspecified atom stereocenters. The number of nitrogens with one attached hydrogen (secondary N) is 1. The Balaban J connectivity index is 2.14. The van der Waals surface area contributed by atoms with Crippen molar-refractivity contribution in [3.63, 3.8) is 0 Å². The second-order valence-electron chi connectivity index (χ2n) is 4.93. The third-order valence-corrected chi connectivity index (χ3v) is 4.66. The van der Waals surface area contributed by atoms with Crippen molar-refractivity contribution in [3.05, 3.63) is 23.8 Å². The second kappa shape index (κ2) is 5.46. The predicted octanol–water partition coefficient (Wildman–Crippen LogP) is 0.0179. The van der Waals surface area contributed by atoms with E-state index in [2.05, 4.69) is 9.73 Å². The summed E-state index contributed by atoms with van der Waals surface area (Å²) < 4.78 is 24.5. The van der Waals surface area contributed by atoms with Gasteiger partial charge in [0, 0.05) is 26.2 Å². The van der Waals surface area contributed by atoms with Gasteiger partial charge in [0.05, 0.1) is 5.69 Å². The van der Waals surface area contributed by atoms with E-state index in [-0.39, 0.29) is 10.6 Å². The number of hydrogen-bond donors (Lipinski definition) is 2. The molecule has 2 rings (SSSR count). The smallest absolute Gasteiger partial charge is 0.255 e. The van der Waals surface area contributed by atoms with Gasteiger partial charge in [-0.3, -0.25) is 0 Å². The summed E-state index contributed by atoms with van der Waals surface area (Å²) in [5.41, 5.74) is 7.01. The molecule has 0 spiro atoms. The van der Waals surface area contributed by atoms with Crippen molar-refractivity contribution in [3.8, 4) is 0 Å². The van der Waals surface area contributed by atoms with Crippen molar-refractivity contribution in [2.75, 3.05) is 39.0 Å². The lowest BCUT2D eigenvalue weighted by molar-refractivity contribution is 0.135. The van der Waals surface area contributed by atoms with Crippen LogP contribution >= 0.6 is 0 Å². The zero-order valence-corrected chi connectivity index (χ0v) is 12.1. The van der Waals surface area contributed by atoms with Crippen LogP contribution in [0.15, 0.2) is 23.1 Å². The van der Waals surface area contributed by atoms with Crippen LogP contribution in [0.25, 0.3) is 0 Å². The first kappa shape index (κ1) is 14.3. The SMILES string of the molecule is Cc1ccc(S(=O)(=O)NN2CCN(C)CC2)c(N)c1. The van der Waals surface area contributed by atoms with Crippen LogP contribution in [0.2, 0.25) is 0 Å². The normalized spacial score (nSPS) is 18.6. The summed E-state index contributed by atoms with van der Waals surface area (Å²) >= 11 is 0. The lowest BCUT2D eigenvalue weighted by Crippen LogP contribution is -2.52. The van der Waals surface area contributed by atoms with E-state index in [4.69, 9.17) is 5.73 Å². The maximum absolute atomic E-state index is 12.3. The Morgan fingerprint density at radius 2 is 1.84 bits per heavy atom. The van der Waals surface area contributed by atoms with Crippen molar-refractivity contribution < 1.29 is 8.42 Å². The molecule has 0 aliphatic carbocycles. The number of benzene rings is 1. The molecule has 7 heteroatoms. The average Bonchev–Trinajstić information content (AvgIpc) is 2.31. The highest BCUT2D eigenvalue weighted by molar-refractivity contribution is 7.89. The Labute approximate surface area is 114 Å². The number of nitrogen functional groups attached to an aromatic ring is 1. The van der Waals surface area contributed by atoms with Gasteiger partial charge in [-0.15, -0.1) is 4.83 Å². The molecule has 106 valence electrons. The summed E-state index contributed by atoms with van der Waals surface area (Å²) in [5, 5.41) is 1.72. The van der Waals surface area contributed by atoms with E-state index in [1.165, 1.54) is 0 Å². The van der Waals surface area contributed by atoms with Crippen LogP contribution in [0.3, 0.4) is 0 Å². The number of hydrogen-bond acceptors (Lipinski definition) is 5. The topological polar surface area (TPSA) is 78.7 Å². The number of sulfonamides is 1. The largest absolute Gasteiger partial charge is 0.398 e. The first-order chi connectivity index (χ1) is 8.88. The molecule has 6 nitrogen and oxygen atoms in total. The van der Waals surface area contributed by atoms with E-state index >= 15 is 0 Å². The number of nitrogens with zero attached hydrogens (tertiary/aromatic N) is 2. The van der Waals surface area contributed by atoms with Gasteiger partial charge in [0.1, 0.15) is 4.90 Å². The monoisotopic (exact) mass is 284 g/mol. The molecule has 1 aliphatic heterocycles. The molecule has 19 heavy (non-hydrogen) atoms. The van der Waals surface area contributed by atoms with Gasteiger partial charge in [-0.25, -0.2) is 13.4 Å². The Kier molecular flexibility index (Phi) is 4.10. The fraction of sp³-hybridized carbons (Fsp3) is 0.500. The molecule has 0 amide bonds. The molecule has 0 aromatic heterocycles. The van der Waals surface area contributed by atoms with Gasteiger partial charge in [-0.05, 0) is 31.7 Å². The number of aryl methyl sites for hydroxylation is 1. The molecule has 0 bridgehead atoms. The van der Waals surface area contributed by atoms with Crippen molar-refractivity contribution in [2.45, 2.75) is 11.8 Å². The standard InChI is InChI=1S/C12H20N4O2S/c1-10-3-4-12(11(13)9-10)19(17,18)14-16-7-5-15(2)6-8-16/h3-4,9,14H,5-8,13H2,1-2H3. The Morgan fingerprint density at radius 3 is 2.42 bits per heavy atom. The first-order valence-corrected chi connectivity index (χ1v) is 7.69. The summed E-state index contributed by atoms with van der Waals surface area (Å²) in [6, 6.07) is 4.95. The van der Waals surface area contributed by atoms with Crippen molar-refractivity contribution in [1.29, 1.82) is 0 Å². The predicted molar refractivity (Wildman–Crippen MR) is 75.0 cm³/mol. The summed E-state index contributed by atoms with van der Waals surface area (Å²) in [4.78, 5) is 4.89. The summed E-state index contributed by atoms with van der Waals surface area (Å²) in [7, 11) is -1.57. The summed E-state index contributed by atoms with van der Waals surface area (Å²) in [5.74, 6) is 0. The van der Waals surface area contributed by atoms with Gasteiger partial charge in [0.25, 0.3) is 10.0 Å². The second-order valence-corrected chi connectivity index (χ2v) is 6.56. The van der Waals surface area contributed by atoms with E-state index in [0.29, 0.717) is 13.1 Å². The van der Waals surface area contributed by atoms with Crippen LogP contribution in [0.4, 0.5) is 5.69 Å².